The Bertz CT molecular complexity index is 1230. The molecule has 5 nitrogen and oxygen atoms in total. The molecule has 0 saturated carbocycles. The average molecular weight is 384 g/mol. The van der Waals surface area contributed by atoms with E-state index in [1.807, 2.05) is 54.6 Å². The second-order valence-corrected chi connectivity index (χ2v) is 7.51. The third-order valence-corrected chi connectivity index (χ3v) is 5.89. The highest BCUT2D eigenvalue weighted by molar-refractivity contribution is 7.19. The van der Waals surface area contributed by atoms with Gasteiger partial charge in [0.1, 0.15) is 12.4 Å². The molecule has 0 saturated heterocycles. The number of rotatable bonds is 4. The Hall–Kier alpha value is -3.35. The molecule has 5 rings (SSSR count). The normalized spacial score (nSPS) is 12.3. The highest BCUT2D eigenvalue weighted by atomic mass is 32.1. The van der Waals surface area contributed by atoms with Gasteiger partial charge in [0.2, 0.25) is 0 Å². The number of fused-ring (bicyclic) bond motifs is 1. The van der Waals surface area contributed by atoms with E-state index in [2.05, 4.69) is 32.3 Å². The predicted molar refractivity (Wildman–Crippen MR) is 111 cm³/mol. The van der Waals surface area contributed by atoms with E-state index in [0.717, 1.165) is 37.3 Å². The Balaban J connectivity index is 1.63. The molecule has 136 valence electrons. The van der Waals surface area contributed by atoms with E-state index in [4.69, 9.17) is 0 Å². The van der Waals surface area contributed by atoms with Gasteiger partial charge in [-0.25, -0.2) is 0 Å². The molecule has 0 amide bonds. The SMILES string of the molecule is OC(c1ccc2ncccc2c1)c1cc(-c2ccccc2)sc1-c1nnc[nH]1. The van der Waals surface area contributed by atoms with Crippen LogP contribution >= 0.6 is 11.3 Å². The molecule has 1 unspecified atom stereocenters. The van der Waals surface area contributed by atoms with Gasteiger partial charge in [-0.3, -0.25) is 4.98 Å². The lowest BCUT2D eigenvalue weighted by molar-refractivity contribution is 0.221. The van der Waals surface area contributed by atoms with Crippen molar-refractivity contribution in [2.75, 3.05) is 0 Å². The number of aliphatic hydroxyl groups is 1. The third kappa shape index (κ3) is 2.98. The molecular weight excluding hydrogens is 368 g/mol. The number of hydrogen-bond donors (Lipinski definition) is 2. The molecule has 3 aromatic heterocycles. The average Bonchev–Trinajstić information content (AvgIpc) is 3.43. The fraction of sp³-hybridized carbons (Fsp3) is 0.0455. The molecule has 0 aliphatic heterocycles. The van der Waals surface area contributed by atoms with Crippen LogP contribution in [0.3, 0.4) is 0 Å². The molecule has 0 bridgehead atoms. The summed E-state index contributed by atoms with van der Waals surface area (Å²) < 4.78 is 0. The lowest BCUT2D eigenvalue weighted by Gasteiger charge is -2.12. The van der Waals surface area contributed by atoms with Crippen LogP contribution in [0.15, 0.2) is 79.3 Å². The highest BCUT2D eigenvalue weighted by Gasteiger charge is 2.22. The van der Waals surface area contributed by atoms with Gasteiger partial charge < -0.3 is 10.1 Å². The van der Waals surface area contributed by atoms with E-state index in [1.165, 1.54) is 0 Å². The van der Waals surface area contributed by atoms with E-state index in [0.29, 0.717) is 5.82 Å². The van der Waals surface area contributed by atoms with Crippen LogP contribution in [0.5, 0.6) is 0 Å². The van der Waals surface area contributed by atoms with Crippen LogP contribution < -0.4 is 0 Å². The van der Waals surface area contributed by atoms with Gasteiger partial charge in [-0.05, 0) is 35.4 Å². The molecule has 5 aromatic rings. The van der Waals surface area contributed by atoms with Gasteiger partial charge in [0, 0.05) is 22.0 Å². The Morgan fingerprint density at radius 3 is 2.68 bits per heavy atom. The Labute approximate surface area is 165 Å². The number of nitrogens with zero attached hydrogens (tertiary/aromatic N) is 3. The molecule has 28 heavy (non-hydrogen) atoms. The topological polar surface area (TPSA) is 74.7 Å². The zero-order valence-electron chi connectivity index (χ0n) is 14.8. The molecule has 3 heterocycles. The van der Waals surface area contributed by atoms with Gasteiger partial charge in [0.05, 0.1) is 10.4 Å². The minimum atomic E-state index is -0.779. The van der Waals surface area contributed by atoms with Crippen molar-refractivity contribution in [1.29, 1.82) is 0 Å². The Kier molecular flexibility index (Phi) is 4.20. The standard InChI is InChI=1S/C22H16N4OS/c27-20(16-8-9-18-15(11-16)7-4-10-23-18)17-12-19(14-5-2-1-3-6-14)28-21(17)22-24-13-25-26-22/h1-13,20,27H,(H,24,25,26). The lowest BCUT2D eigenvalue weighted by atomic mass is 9.99. The molecule has 0 aliphatic rings. The lowest BCUT2D eigenvalue weighted by Crippen LogP contribution is -2.00. The Morgan fingerprint density at radius 2 is 1.86 bits per heavy atom. The van der Waals surface area contributed by atoms with Gasteiger partial charge in [-0.2, -0.15) is 0 Å². The van der Waals surface area contributed by atoms with Crippen LogP contribution in [0.4, 0.5) is 0 Å². The summed E-state index contributed by atoms with van der Waals surface area (Å²) in [5, 5.41) is 20.3. The van der Waals surface area contributed by atoms with Crippen molar-refractivity contribution in [3.05, 3.63) is 90.4 Å². The summed E-state index contributed by atoms with van der Waals surface area (Å²) in [7, 11) is 0. The first-order valence-electron chi connectivity index (χ1n) is 8.88. The maximum absolute atomic E-state index is 11.2. The van der Waals surface area contributed by atoms with E-state index in [9.17, 15) is 5.11 Å². The number of hydrogen-bond acceptors (Lipinski definition) is 5. The molecular formula is C22H16N4OS. The largest absolute Gasteiger partial charge is 0.384 e. The smallest absolute Gasteiger partial charge is 0.171 e. The molecule has 0 spiro atoms. The monoisotopic (exact) mass is 384 g/mol. The van der Waals surface area contributed by atoms with Gasteiger partial charge >= 0.3 is 0 Å². The second kappa shape index (κ2) is 6.99. The fourth-order valence-electron chi connectivity index (χ4n) is 3.30. The number of thiophene rings is 1. The van der Waals surface area contributed by atoms with Crippen LogP contribution in [-0.4, -0.2) is 25.3 Å². The summed E-state index contributed by atoms with van der Waals surface area (Å²) in [5.41, 5.74) is 3.64. The van der Waals surface area contributed by atoms with E-state index < -0.39 is 6.10 Å². The van der Waals surface area contributed by atoms with Crippen LogP contribution in [0.25, 0.3) is 32.0 Å². The van der Waals surface area contributed by atoms with Crippen molar-refractivity contribution >= 4 is 22.2 Å². The first-order valence-corrected chi connectivity index (χ1v) is 9.69. The summed E-state index contributed by atoms with van der Waals surface area (Å²) in [6, 6.07) is 21.9. The summed E-state index contributed by atoms with van der Waals surface area (Å²) in [5.74, 6) is 0.656. The molecule has 1 atom stereocenters. The van der Waals surface area contributed by atoms with Crippen LogP contribution in [0.2, 0.25) is 0 Å². The van der Waals surface area contributed by atoms with Crippen molar-refractivity contribution in [2.45, 2.75) is 6.10 Å². The molecule has 0 fully saturated rings. The predicted octanol–water partition coefficient (Wildman–Crippen LogP) is 4.83. The van der Waals surface area contributed by atoms with E-state index in [-0.39, 0.29) is 0 Å². The summed E-state index contributed by atoms with van der Waals surface area (Å²) in [6.45, 7) is 0. The number of benzene rings is 2. The zero-order chi connectivity index (χ0) is 18.9. The van der Waals surface area contributed by atoms with Crippen molar-refractivity contribution in [1.82, 2.24) is 20.2 Å². The highest BCUT2D eigenvalue weighted by Crippen LogP contribution is 2.41. The molecule has 2 N–H and O–H groups in total. The fourth-order valence-corrected chi connectivity index (χ4v) is 4.44. The Morgan fingerprint density at radius 1 is 0.964 bits per heavy atom. The number of nitrogens with one attached hydrogen (secondary N) is 1. The van der Waals surface area contributed by atoms with Gasteiger partial charge in [0.15, 0.2) is 5.82 Å². The van der Waals surface area contributed by atoms with Crippen LogP contribution in [0, 0.1) is 0 Å². The molecule has 2 aromatic carbocycles. The molecule has 0 aliphatic carbocycles. The quantitative estimate of drug-likeness (QED) is 0.465. The molecule has 0 radical (unpaired) electrons. The number of H-pyrrole nitrogens is 1. The number of aromatic nitrogens is 4. The van der Waals surface area contributed by atoms with Crippen molar-refractivity contribution in [3.63, 3.8) is 0 Å². The van der Waals surface area contributed by atoms with E-state index >= 15 is 0 Å². The maximum Gasteiger partial charge on any atom is 0.171 e. The van der Waals surface area contributed by atoms with Crippen molar-refractivity contribution in [3.8, 4) is 21.1 Å². The van der Waals surface area contributed by atoms with Gasteiger partial charge in [0.25, 0.3) is 0 Å². The van der Waals surface area contributed by atoms with Gasteiger partial charge in [-0.1, -0.05) is 42.5 Å². The maximum atomic E-state index is 11.2. The van der Waals surface area contributed by atoms with Gasteiger partial charge in [-0.15, -0.1) is 21.5 Å². The first kappa shape index (κ1) is 16.8. The number of pyridine rings is 1. The second-order valence-electron chi connectivity index (χ2n) is 6.46. The first-order chi connectivity index (χ1) is 13.8. The number of aliphatic hydroxyl groups excluding tert-OH is 1. The molecule has 6 heteroatoms. The van der Waals surface area contributed by atoms with E-state index in [1.54, 1.807) is 23.9 Å². The minimum Gasteiger partial charge on any atom is -0.384 e. The third-order valence-electron chi connectivity index (χ3n) is 4.69. The zero-order valence-corrected chi connectivity index (χ0v) is 15.6. The summed E-state index contributed by atoms with van der Waals surface area (Å²) in [4.78, 5) is 9.37. The summed E-state index contributed by atoms with van der Waals surface area (Å²) in [6.07, 6.45) is 2.54. The van der Waals surface area contributed by atoms with Crippen LogP contribution in [-0.2, 0) is 0 Å². The summed E-state index contributed by atoms with van der Waals surface area (Å²) >= 11 is 1.59. The van der Waals surface area contributed by atoms with Crippen LogP contribution in [0.1, 0.15) is 17.2 Å². The van der Waals surface area contributed by atoms with Crippen molar-refractivity contribution < 1.29 is 5.11 Å². The number of aromatic amines is 1. The van der Waals surface area contributed by atoms with Crippen molar-refractivity contribution in [2.24, 2.45) is 0 Å². The minimum absolute atomic E-state index is 0.656.